The number of hydrogen-bond acceptors (Lipinski definition) is 4. The van der Waals surface area contributed by atoms with Gasteiger partial charge in [-0.15, -0.1) is 11.8 Å². The Morgan fingerprint density at radius 3 is 2.55 bits per heavy atom. The third kappa shape index (κ3) is 5.09. The number of esters is 1. The summed E-state index contributed by atoms with van der Waals surface area (Å²) in [5.74, 6) is -0.529. The van der Waals surface area contributed by atoms with E-state index in [0.717, 1.165) is 10.5 Å². The molecule has 0 fully saturated rings. The van der Waals surface area contributed by atoms with Crippen LogP contribution in [0.25, 0.3) is 0 Å². The van der Waals surface area contributed by atoms with Crippen molar-refractivity contribution in [2.75, 3.05) is 6.61 Å². The van der Waals surface area contributed by atoms with Gasteiger partial charge in [0, 0.05) is 15.7 Å². The van der Waals surface area contributed by atoms with Crippen LogP contribution in [0.4, 0.5) is 0 Å². The van der Waals surface area contributed by atoms with Crippen LogP contribution in [0.5, 0.6) is 0 Å². The fourth-order valence-corrected chi connectivity index (χ4v) is 2.67. The lowest BCUT2D eigenvalue weighted by Gasteiger charge is -2.06. The zero-order valence-electron chi connectivity index (χ0n) is 11.6. The van der Waals surface area contributed by atoms with Crippen molar-refractivity contribution < 1.29 is 14.3 Å². The number of hydrogen-bond donors (Lipinski definition) is 1. The molecule has 0 aromatic heterocycles. The summed E-state index contributed by atoms with van der Waals surface area (Å²) in [6.07, 6.45) is 0. The van der Waals surface area contributed by atoms with E-state index < -0.39 is 18.5 Å². The van der Waals surface area contributed by atoms with Gasteiger partial charge in [-0.25, -0.2) is 4.79 Å². The molecule has 2 N–H and O–H groups in total. The minimum Gasteiger partial charge on any atom is -0.452 e. The molecule has 0 spiro atoms. The minimum absolute atomic E-state index is 0.399. The Morgan fingerprint density at radius 2 is 1.86 bits per heavy atom. The molecule has 0 aliphatic heterocycles. The molecule has 4 nitrogen and oxygen atoms in total. The normalized spacial score (nSPS) is 10.2. The summed E-state index contributed by atoms with van der Waals surface area (Å²) in [6.45, 7) is -0.414. The van der Waals surface area contributed by atoms with Crippen LogP contribution in [0.1, 0.15) is 15.9 Å². The maximum Gasteiger partial charge on any atom is 0.338 e. The number of benzene rings is 2. The standard InChI is InChI=1S/C16H14ClNO3S/c17-13-4-6-14(7-5-13)22-10-11-2-1-3-12(8-11)16(20)21-9-15(18)19/h1-8H,9-10H2,(H2,18,19). The number of rotatable bonds is 6. The fraction of sp³-hybridized carbons (Fsp3) is 0.125. The lowest BCUT2D eigenvalue weighted by Crippen LogP contribution is -2.20. The lowest BCUT2D eigenvalue weighted by molar-refractivity contribution is -0.121. The van der Waals surface area contributed by atoms with Crippen molar-refractivity contribution in [2.45, 2.75) is 10.6 Å². The molecule has 0 unspecified atom stereocenters. The number of halogens is 1. The zero-order valence-corrected chi connectivity index (χ0v) is 13.2. The summed E-state index contributed by atoms with van der Waals surface area (Å²) in [5.41, 5.74) is 6.32. The second-order valence-corrected chi connectivity index (χ2v) is 5.97. The Morgan fingerprint density at radius 1 is 1.14 bits per heavy atom. The Labute approximate surface area is 137 Å². The number of ether oxygens (including phenoxy) is 1. The molecule has 1 amide bonds. The van der Waals surface area contributed by atoms with Crippen LogP contribution in [0.3, 0.4) is 0 Å². The van der Waals surface area contributed by atoms with Gasteiger partial charge < -0.3 is 10.5 Å². The van der Waals surface area contributed by atoms with Crippen molar-refractivity contribution in [3.63, 3.8) is 0 Å². The summed E-state index contributed by atoms with van der Waals surface area (Å²) in [7, 11) is 0. The van der Waals surface area contributed by atoms with Crippen LogP contribution >= 0.6 is 23.4 Å². The predicted molar refractivity (Wildman–Crippen MR) is 86.9 cm³/mol. The minimum atomic E-state index is -0.678. The molecule has 0 aliphatic carbocycles. The Bertz CT molecular complexity index is 673. The van der Waals surface area contributed by atoms with Crippen LogP contribution < -0.4 is 5.73 Å². The van der Waals surface area contributed by atoms with Crippen LogP contribution in [-0.4, -0.2) is 18.5 Å². The number of thioether (sulfide) groups is 1. The largest absolute Gasteiger partial charge is 0.452 e. The van der Waals surface area contributed by atoms with Crippen LogP contribution in [0.2, 0.25) is 5.02 Å². The number of primary amides is 1. The first-order chi connectivity index (χ1) is 10.5. The zero-order chi connectivity index (χ0) is 15.9. The second-order valence-electron chi connectivity index (χ2n) is 4.49. The molecular weight excluding hydrogens is 322 g/mol. The summed E-state index contributed by atoms with van der Waals surface area (Å²) in [4.78, 5) is 23.5. The Balaban J connectivity index is 1.97. The highest BCUT2D eigenvalue weighted by Crippen LogP contribution is 2.24. The summed E-state index contributed by atoms with van der Waals surface area (Å²) in [5, 5.41) is 0.698. The van der Waals surface area contributed by atoms with E-state index >= 15 is 0 Å². The molecule has 2 aromatic carbocycles. The van der Waals surface area contributed by atoms with E-state index in [0.29, 0.717) is 16.3 Å². The highest BCUT2D eigenvalue weighted by Gasteiger charge is 2.09. The summed E-state index contributed by atoms with van der Waals surface area (Å²) < 4.78 is 4.79. The molecule has 0 radical (unpaired) electrons. The smallest absolute Gasteiger partial charge is 0.338 e. The molecular formula is C16H14ClNO3S. The highest BCUT2D eigenvalue weighted by atomic mass is 35.5. The first-order valence-corrected chi connectivity index (χ1v) is 7.83. The number of carbonyl (C=O) groups is 2. The van der Waals surface area contributed by atoms with Crippen molar-refractivity contribution in [1.29, 1.82) is 0 Å². The van der Waals surface area contributed by atoms with Crippen LogP contribution in [0.15, 0.2) is 53.4 Å². The first-order valence-electron chi connectivity index (χ1n) is 6.47. The van der Waals surface area contributed by atoms with Gasteiger partial charge in [0.05, 0.1) is 5.56 Å². The maximum atomic E-state index is 11.8. The second kappa shape index (κ2) is 7.87. The summed E-state index contributed by atoms with van der Waals surface area (Å²) in [6, 6.07) is 14.6. The molecule has 0 aliphatic rings. The molecule has 0 saturated heterocycles. The van der Waals surface area contributed by atoms with Crippen LogP contribution in [0, 0.1) is 0 Å². The topological polar surface area (TPSA) is 69.4 Å². The van der Waals surface area contributed by atoms with Gasteiger partial charge in [-0.3, -0.25) is 4.79 Å². The van der Waals surface area contributed by atoms with Crippen molar-refractivity contribution in [3.05, 3.63) is 64.7 Å². The molecule has 2 aromatic rings. The van der Waals surface area contributed by atoms with Crippen molar-refractivity contribution in [1.82, 2.24) is 0 Å². The molecule has 114 valence electrons. The van der Waals surface area contributed by atoms with E-state index in [4.69, 9.17) is 22.1 Å². The molecule has 0 bridgehead atoms. The Kier molecular flexibility index (Phi) is 5.86. The van der Waals surface area contributed by atoms with E-state index in [1.807, 2.05) is 30.3 Å². The molecule has 0 saturated carbocycles. The average molecular weight is 336 g/mol. The SMILES string of the molecule is NC(=O)COC(=O)c1cccc(CSc2ccc(Cl)cc2)c1. The van der Waals surface area contributed by atoms with Crippen molar-refractivity contribution in [2.24, 2.45) is 5.73 Å². The van der Waals surface area contributed by atoms with Gasteiger partial charge in [0.25, 0.3) is 5.91 Å². The van der Waals surface area contributed by atoms with E-state index in [1.54, 1.807) is 30.0 Å². The summed E-state index contributed by atoms with van der Waals surface area (Å²) >= 11 is 7.48. The van der Waals surface area contributed by atoms with Gasteiger partial charge in [-0.05, 0) is 42.0 Å². The Hall–Kier alpha value is -1.98. The number of nitrogens with two attached hydrogens (primary N) is 1. The number of carbonyl (C=O) groups excluding carboxylic acids is 2. The van der Waals surface area contributed by atoms with Gasteiger partial charge in [0.1, 0.15) is 0 Å². The van der Waals surface area contributed by atoms with Gasteiger partial charge in [-0.1, -0.05) is 23.7 Å². The van der Waals surface area contributed by atoms with E-state index in [2.05, 4.69) is 0 Å². The van der Waals surface area contributed by atoms with Gasteiger partial charge in [0.15, 0.2) is 6.61 Å². The third-order valence-corrected chi connectivity index (χ3v) is 4.06. The van der Waals surface area contributed by atoms with E-state index in [1.165, 1.54) is 0 Å². The molecule has 6 heteroatoms. The number of amides is 1. The van der Waals surface area contributed by atoms with Gasteiger partial charge in [0.2, 0.25) is 0 Å². The molecule has 22 heavy (non-hydrogen) atoms. The monoisotopic (exact) mass is 335 g/mol. The van der Waals surface area contributed by atoms with E-state index in [-0.39, 0.29) is 0 Å². The van der Waals surface area contributed by atoms with Crippen molar-refractivity contribution >= 4 is 35.2 Å². The van der Waals surface area contributed by atoms with Crippen LogP contribution in [-0.2, 0) is 15.3 Å². The lowest BCUT2D eigenvalue weighted by atomic mass is 10.1. The molecule has 0 atom stereocenters. The third-order valence-electron chi connectivity index (χ3n) is 2.73. The van der Waals surface area contributed by atoms with Gasteiger partial charge in [-0.2, -0.15) is 0 Å². The first kappa shape index (κ1) is 16.4. The quantitative estimate of drug-likeness (QED) is 0.649. The van der Waals surface area contributed by atoms with Gasteiger partial charge >= 0.3 is 5.97 Å². The average Bonchev–Trinajstić information content (AvgIpc) is 2.52. The highest BCUT2D eigenvalue weighted by molar-refractivity contribution is 7.98. The predicted octanol–water partition coefficient (Wildman–Crippen LogP) is 3.27. The maximum absolute atomic E-state index is 11.8. The van der Waals surface area contributed by atoms with Crippen molar-refractivity contribution in [3.8, 4) is 0 Å². The van der Waals surface area contributed by atoms with E-state index in [9.17, 15) is 9.59 Å². The fourth-order valence-electron chi connectivity index (χ4n) is 1.71. The molecule has 0 heterocycles. The molecule has 2 rings (SSSR count).